The number of carboxylic acids is 1. The van der Waals surface area contributed by atoms with E-state index in [1.807, 2.05) is 18.2 Å². The minimum absolute atomic E-state index is 0.0117. The normalized spacial score (nSPS) is 12.7. The zero-order valence-electron chi connectivity index (χ0n) is 23.7. The Hall–Kier alpha value is -5.70. The summed E-state index contributed by atoms with van der Waals surface area (Å²) >= 11 is 5.16. The van der Waals surface area contributed by atoms with Crippen LogP contribution in [0.2, 0.25) is 0 Å². The smallest absolute Gasteiger partial charge is 0.335 e. The molecule has 6 rings (SSSR count). The van der Waals surface area contributed by atoms with Gasteiger partial charge in [0.2, 0.25) is 0 Å². The van der Waals surface area contributed by atoms with E-state index in [1.54, 1.807) is 24.0 Å². The largest absolute Gasteiger partial charge is 0.478 e. The maximum Gasteiger partial charge on any atom is 0.335 e. The van der Waals surface area contributed by atoms with Crippen molar-refractivity contribution < 1.29 is 24.0 Å². The molecule has 3 aromatic carbocycles. The van der Waals surface area contributed by atoms with E-state index >= 15 is 0 Å². The van der Waals surface area contributed by atoms with Gasteiger partial charge in [-0.3, -0.25) is 19.2 Å². The van der Waals surface area contributed by atoms with E-state index in [2.05, 4.69) is 20.8 Å². The van der Waals surface area contributed by atoms with Crippen LogP contribution in [0.5, 0.6) is 0 Å². The Morgan fingerprint density at radius 2 is 1.71 bits per heavy atom. The summed E-state index contributed by atoms with van der Waals surface area (Å²) in [5.41, 5.74) is 8.85. The SMILES string of the molecule is Cc1cc(CNC(=O)c2cc(C(=O)NCc3ccc4c(c3)CN(c3c(N)c(=O)c3=O)CC4)nc3noc(=S)n23)ccc1C(=O)O. The second-order valence-electron chi connectivity index (χ2n) is 10.6. The number of carbonyl (C=O) groups is 3. The Kier molecular flexibility index (Phi) is 7.46. The predicted molar refractivity (Wildman–Crippen MR) is 164 cm³/mol. The molecule has 0 saturated heterocycles. The standard InChI is InChI=1S/C30H25N7O7S/c1-14-8-15(3-5-19(14)28(42)43)11-33-27(41)21-10-20(34-29-35-44-30(45)37(21)29)26(40)32-12-16-2-4-17-6-7-36(13-18(17)9-16)23-22(31)24(38)25(23)39/h2-5,8-10H,6-7,11-13,31H2,1H3,(H,32,40)(H,33,41)(H,42,43). The second kappa shape index (κ2) is 11.4. The zero-order chi connectivity index (χ0) is 32.0. The highest BCUT2D eigenvalue weighted by Gasteiger charge is 2.27. The minimum Gasteiger partial charge on any atom is -0.478 e. The van der Waals surface area contributed by atoms with E-state index in [0.29, 0.717) is 30.6 Å². The third-order valence-electron chi connectivity index (χ3n) is 7.74. The van der Waals surface area contributed by atoms with E-state index in [4.69, 9.17) is 22.5 Å². The molecule has 2 amide bonds. The van der Waals surface area contributed by atoms with Crippen molar-refractivity contribution in [3.05, 3.63) is 113 Å². The number of nitrogen functional groups attached to an aromatic ring is 1. The third-order valence-corrected chi connectivity index (χ3v) is 7.99. The summed E-state index contributed by atoms with van der Waals surface area (Å²) in [6, 6.07) is 11.8. The van der Waals surface area contributed by atoms with Crippen LogP contribution in [0.15, 0.2) is 56.6 Å². The van der Waals surface area contributed by atoms with Gasteiger partial charge >= 0.3 is 10.8 Å². The first kappa shape index (κ1) is 29.4. The van der Waals surface area contributed by atoms with Gasteiger partial charge in [0.1, 0.15) is 22.8 Å². The molecule has 45 heavy (non-hydrogen) atoms. The maximum atomic E-state index is 13.2. The first-order chi connectivity index (χ1) is 21.5. The van der Waals surface area contributed by atoms with Gasteiger partial charge in [0, 0.05) is 26.2 Å². The number of anilines is 2. The molecule has 1 aliphatic heterocycles. The molecular formula is C30H25N7O7S. The summed E-state index contributed by atoms with van der Waals surface area (Å²) in [5, 5.41) is 18.6. The van der Waals surface area contributed by atoms with Crippen LogP contribution in [-0.2, 0) is 26.1 Å². The van der Waals surface area contributed by atoms with Crippen molar-refractivity contribution in [3.8, 4) is 0 Å². The summed E-state index contributed by atoms with van der Waals surface area (Å²) in [6.45, 7) is 2.84. The molecule has 5 N–H and O–H groups in total. The first-order valence-electron chi connectivity index (χ1n) is 13.7. The van der Waals surface area contributed by atoms with Gasteiger partial charge in [-0.2, -0.15) is 0 Å². The fourth-order valence-electron chi connectivity index (χ4n) is 5.38. The second-order valence-corrected chi connectivity index (χ2v) is 11.0. The predicted octanol–water partition coefficient (Wildman–Crippen LogP) is 1.66. The van der Waals surface area contributed by atoms with Crippen molar-refractivity contribution >= 4 is 47.2 Å². The van der Waals surface area contributed by atoms with Crippen LogP contribution in [0.1, 0.15) is 59.2 Å². The van der Waals surface area contributed by atoms with Gasteiger partial charge in [0.25, 0.3) is 28.4 Å². The van der Waals surface area contributed by atoms with E-state index in [9.17, 15) is 29.1 Å². The summed E-state index contributed by atoms with van der Waals surface area (Å²) in [5.74, 6) is -2.28. The van der Waals surface area contributed by atoms with Crippen LogP contribution in [0.4, 0.5) is 11.4 Å². The molecule has 0 saturated carbocycles. The highest BCUT2D eigenvalue weighted by molar-refractivity contribution is 7.71. The molecule has 3 heterocycles. The Bertz CT molecular complexity index is 2180. The van der Waals surface area contributed by atoms with Gasteiger partial charge in [-0.1, -0.05) is 30.3 Å². The number of carbonyl (C=O) groups excluding carboxylic acids is 2. The Morgan fingerprint density at radius 3 is 2.42 bits per heavy atom. The molecule has 228 valence electrons. The summed E-state index contributed by atoms with van der Waals surface area (Å²) in [4.78, 5) is 67.2. The molecule has 1 aliphatic rings. The lowest BCUT2D eigenvalue weighted by atomic mass is 9.96. The maximum absolute atomic E-state index is 13.2. The van der Waals surface area contributed by atoms with Crippen molar-refractivity contribution in [2.45, 2.75) is 33.0 Å². The third kappa shape index (κ3) is 5.44. The van der Waals surface area contributed by atoms with Crippen LogP contribution in [0.3, 0.4) is 0 Å². The van der Waals surface area contributed by atoms with Crippen molar-refractivity contribution in [1.29, 1.82) is 0 Å². The summed E-state index contributed by atoms with van der Waals surface area (Å²) in [7, 11) is 0. The van der Waals surface area contributed by atoms with Crippen molar-refractivity contribution in [2.24, 2.45) is 0 Å². The number of fused-ring (bicyclic) bond motifs is 2. The Morgan fingerprint density at radius 1 is 1.00 bits per heavy atom. The zero-order valence-corrected chi connectivity index (χ0v) is 24.6. The van der Waals surface area contributed by atoms with Gasteiger partial charge in [0.15, 0.2) is 0 Å². The van der Waals surface area contributed by atoms with Crippen molar-refractivity contribution in [3.63, 3.8) is 0 Å². The van der Waals surface area contributed by atoms with Crippen molar-refractivity contribution in [1.82, 2.24) is 25.2 Å². The van der Waals surface area contributed by atoms with Crippen LogP contribution >= 0.6 is 12.2 Å². The Labute approximate surface area is 258 Å². The van der Waals surface area contributed by atoms with Gasteiger partial charge in [0.05, 0.1) is 5.56 Å². The van der Waals surface area contributed by atoms with Gasteiger partial charge in [-0.15, -0.1) is 0 Å². The highest BCUT2D eigenvalue weighted by atomic mass is 32.1. The lowest BCUT2D eigenvalue weighted by molar-refractivity contribution is 0.0695. The number of amides is 2. The minimum atomic E-state index is -1.04. The lowest BCUT2D eigenvalue weighted by Crippen LogP contribution is -2.44. The molecule has 0 atom stereocenters. The summed E-state index contributed by atoms with van der Waals surface area (Å²) < 4.78 is 6.24. The van der Waals surface area contributed by atoms with Crippen LogP contribution in [0, 0.1) is 11.8 Å². The molecule has 15 heteroatoms. The summed E-state index contributed by atoms with van der Waals surface area (Å²) in [6.07, 6.45) is 0.669. The van der Waals surface area contributed by atoms with Gasteiger partial charge in [-0.25, -0.2) is 14.2 Å². The lowest BCUT2D eigenvalue weighted by Gasteiger charge is -2.32. The highest BCUT2D eigenvalue weighted by Crippen LogP contribution is 2.26. The number of carboxylic acid groups (broad SMARTS) is 1. The molecule has 0 radical (unpaired) electrons. The average molecular weight is 628 g/mol. The molecule has 0 bridgehead atoms. The quantitative estimate of drug-likeness (QED) is 0.143. The molecule has 14 nitrogen and oxygen atoms in total. The van der Waals surface area contributed by atoms with E-state index in [1.165, 1.54) is 16.5 Å². The van der Waals surface area contributed by atoms with Crippen LogP contribution in [0.25, 0.3) is 5.78 Å². The fourth-order valence-corrected chi connectivity index (χ4v) is 5.60. The molecule has 0 spiro atoms. The number of hydrogen-bond acceptors (Lipinski definition) is 11. The van der Waals surface area contributed by atoms with Crippen LogP contribution in [-0.4, -0.2) is 44.0 Å². The average Bonchev–Trinajstić information content (AvgIpc) is 3.41. The Balaban J connectivity index is 1.17. The van der Waals surface area contributed by atoms with E-state index in [-0.39, 0.29) is 52.0 Å². The fraction of sp³-hybridized carbons (Fsp3) is 0.200. The van der Waals surface area contributed by atoms with E-state index < -0.39 is 28.6 Å². The van der Waals surface area contributed by atoms with Gasteiger partial charge in [-0.05, 0) is 70.7 Å². The number of aryl methyl sites for hydroxylation is 1. The molecule has 2 aromatic heterocycles. The topological polar surface area (TPSA) is 202 Å². The molecular weight excluding hydrogens is 602 g/mol. The number of nitrogens with two attached hydrogens (primary N) is 1. The number of aromatic carboxylic acids is 1. The molecule has 0 aliphatic carbocycles. The number of nitrogens with one attached hydrogen (secondary N) is 2. The first-order valence-corrected chi connectivity index (χ1v) is 14.2. The van der Waals surface area contributed by atoms with Gasteiger partial charge < -0.3 is 30.9 Å². The number of hydrogen-bond donors (Lipinski definition) is 4. The number of benzene rings is 2. The number of aromatic nitrogens is 3. The molecule has 0 fully saturated rings. The monoisotopic (exact) mass is 627 g/mol. The van der Waals surface area contributed by atoms with E-state index in [0.717, 1.165) is 16.7 Å². The number of nitrogens with zero attached hydrogens (tertiary/aromatic N) is 4. The molecule has 0 unspecified atom stereocenters. The number of rotatable bonds is 8. The van der Waals surface area contributed by atoms with Crippen molar-refractivity contribution in [2.75, 3.05) is 17.2 Å². The molecule has 5 aromatic rings. The van der Waals surface area contributed by atoms with Crippen LogP contribution < -0.4 is 32.1 Å².